The summed E-state index contributed by atoms with van der Waals surface area (Å²) in [6, 6.07) is 0. The SMILES string of the molecule is CC/C=C\C/C=C\CCCCCCCC(=O)OCC(COC(=O)CCCCCCCCC/C=C\C/C=C\CCCCC)OC(=O)CCCCCCCCC/C=C\C/C=C\CCCCC. The van der Waals surface area contributed by atoms with Crippen LogP contribution in [0.4, 0.5) is 0 Å². The Hall–Kier alpha value is -3.15. The zero-order valence-corrected chi connectivity index (χ0v) is 42.0. The van der Waals surface area contributed by atoms with E-state index in [1.807, 2.05) is 0 Å². The van der Waals surface area contributed by atoms with Crippen LogP contribution in [0.1, 0.15) is 258 Å². The summed E-state index contributed by atoms with van der Waals surface area (Å²) >= 11 is 0. The Labute approximate surface area is 395 Å². The molecule has 0 aliphatic rings. The molecule has 0 N–H and O–H groups in total. The van der Waals surface area contributed by atoms with Crippen molar-refractivity contribution in [1.29, 1.82) is 0 Å². The molecular weight excluding hydrogens is 793 g/mol. The predicted molar refractivity (Wildman–Crippen MR) is 274 cm³/mol. The van der Waals surface area contributed by atoms with Gasteiger partial charge in [0, 0.05) is 19.3 Å². The average molecular weight is 893 g/mol. The number of carbonyl (C=O) groups is 3. The Morgan fingerprint density at radius 1 is 0.328 bits per heavy atom. The third-order valence-electron chi connectivity index (χ3n) is 11.4. The summed E-state index contributed by atoms with van der Waals surface area (Å²) in [5.74, 6) is -0.914. The fourth-order valence-electron chi connectivity index (χ4n) is 7.36. The summed E-state index contributed by atoms with van der Waals surface area (Å²) in [5.41, 5.74) is 0. The van der Waals surface area contributed by atoms with Gasteiger partial charge in [-0.15, -0.1) is 0 Å². The lowest BCUT2D eigenvalue weighted by Crippen LogP contribution is -2.30. The van der Waals surface area contributed by atoms with Gasteiger partial charge >= 0.3 is 17.9 Å². The largest absolute Gasteiger partial charge is 0.462 e. The molecule has 64 heavy (non-hydrogen) atoms. The first-order valence-corrected chi connectivity index (χ1v) is 26.9. The summed E-state index contributed by atoms with van der Waals surface area (Å²) in [6.07, 6.45) is 66.0. The molecule has 0 heterocycles. The minimum atomic E-state index is -0.788. The number of carbonyl (C=O) groups excluding carboxylic acids is 3. The molecule has 0 aromatic rings. The lowest BCUT2D eigenvalue weighted by molar-refractivity contribution is -0.167. The normalized spacial score (nSPS) is 12.6. The van der Waals surface area contributed by atoms with Crippen LogP contribution in [0.15, 0.2) is 72.9 Å². The molecular formula is C58H100O6. The van der Waals surface area contributed by atoms with Crippen LogP contribution in [0.2, 0.25) is 0 Å². The summed E-state index contributed by atoms with van der Waals surface area (Å²) < 4.78 is 16.8. The second-order valence-corrected chi connectivity index (χ2v) is 17.7. The van der Waals surface area contributed by atoms with E-state index >= 15 is 0 Å². The van der Waals surface area contributed by atoms with Crippen LogP contribution in [0.5, 0.6) is 0 Å². The van der Waals surface area contributed by atoms with Crippen molar-refractivity contribution >= 4 is 17.9 Å². The number of unbranched alkanes of at least 4 members (excludes halogenated alkanes) is 25. The smallest absolute Gasteiger partial charge is 0.306 e. The summed E-state index contributed by atoms with van der Waals surface area (Å²) in [6.45, 7) is 6.46. The first-order chi connectivity index (χ1) is 31.5. The Morgan fingerprint density at radius 2 is 0.609 bits per heavy atom. The van der Waals surface area contributed by atoms with Gasteiger partial charge in [0.1, 0.15) is 13.2 Å². The summed E-state index contributed by atoms with van der Waals surface area (Å²) in [7, 11) is 0. The minimum absolute atomic E-state index is 0.0875. The summed E-state index contributed by atoms with van der Waals surface area (Å²) in [5, 5.41) is 0. The molecule has 0 saturated carbocycles. The molecule has 368 valence electrons. The number of rotatable bonds is 48. The molecule has 0 aliphatic carbocycles. The topological polar surface area (TPSA) is 78.9 Å². The van der Waals surface area contributed by atoms with E-state index in [0.717, 1.165) is 116 Å². The molecule has 0 bridgehead atoms. The van der Waals surface area contributed by atoms with Gasteiger partial charge in [0.2, 0.25) is 0 Å². The van der Waals surface area contributed by atoms with E-state index in [9.17, 15) is 14.4 Å². The second-order valence-electron chi connectivity index (χ2n) is 17.7. The first-order valence-electron chi connectivity index (χ1n) is 26.9. The van der Waals surface area contributed by atoms with Gasteiger partial charge in [0.05, 0.1) is 0 Å². The van der Waals surface area contributed by atoms with Crippen molar-refractivity contribution in [3.8, 4) is 0 Å². The van der Waals surface area contributed by atoms with Gasteiger partial charge in [-0.1, -0.05) is 203 Å². The van der Waals surface area contributed by atoms with Crippen molar-refractivity contribution in [2.75, 3.05) is 13.2 Å². The molecule has 0 radical (unpaired) electrons. The molecule has 6 nitrogen and oxygen atoms in total. The molecule has 0 saturated heterocycles. The van der Waals surface area contributed by atoms with Crippen LogP contribution in [-0.4, -0.2) is 37.2 Å². The quantitative estimate of drug-likeness (QED) is 0.0262. The molecule has 1 atom stereocenters. The molecule has 0 aromatic carbocycles. The third kappa shape index (κ3) is 49.9. The molecule has 6 heteroatoms. The zero-order chi connectivity index (χ0) is 46.5. The van der Waals surface area contributed by atoms with Gasteiger partial charge < -0.3 is 14.2 Å². The molecule has 0 spiro atoms. The fraction of sp³-hybridized carbons (Fsp3) is 0.741. The van der Waals surface area contributed by atoms with Crippen LogP contribution in [0, 0.1) is 0 Å². The van der Waals surface area contributed by atoms with Crippen molar-refractivity contribution in [2.24, 2.45) is 0 Å². The molecule has 1 unspecified atom stereocenters. The first kappa shape index (κ1) is 60.9. The van der Waals surface area contributed by atoms with E-state index in [-0.39, 0.29) is 31.1 Å². The highest BCUT2D eigenvalue weighted by Gasteiger charge is 2.19. The molecule has 0 rings (SSSR count). The number of esters is 3. The fourth-order valence-corrected chi connectivity index (χ4v) is 7.36. The maximum Gasteiger partial charge on any atom is 0.306 e. The van der Waals surface area contributed by atoms with Gasteiger partial charge in [-0.3, -0.25) is 14.4 Å². The minimum Gasteiger partial charge on any atom is -0.462 e. The van der Waals surface area contributed by atoms with Gasteiger partial charge in [-0.25, -0.2) is 0 Å². The number of hydrogen-bond donors (Lipinski definition) is 0. The Bertz CT molecular complexity index is 1210. The zero-order valence-electron chi connectivity index (χ0n) is 42.0. The summed E-state index contributed by atoms with van der Waals surface area (Å²) in [4.78, 5) is 38.0. The predicted octanol–water partition coefficient (Wildman–Crippen LogP) is 17.8. The highest BCUT2D eigenvalue weighted by atomic mass is 16.6. The Morgan fingerprint density at radius 3 is 0.938 bits per heavy atom. The van der Waals surface area contributed by atoms with Gasteiger partial charge in [0.25, 0.3) is 0 Å². The van der Waals surface area contributed by atoms with Crippen LogP contribution in [-0.2, 0) is 28.6 Å². The number of hydrogen-bond acceptors (Lipinski definition) is 6. The lowest BCUT2D eigenvalue weighted by atomic mass is 10.1. The maximum absolute atomic E-state index is 12.8. The third-order valence-corrected chi connectivity index (χ3v) is 11.4. The van der Waals surface area contributed by atoms with Gasteiger partial charge in [-0.05, 0) is 109 Å². The van der Waals surface area contributed by atoms with Crippen molar-refractivity contribution in [2.45, 2.75) is 264 Å². The number of ether oxygens (including phenoxy) is 3. The van der Waals surface area contributed by atoms with E-state index in [1.165, 1.54) is 103 Å². The van der Waals surface area contributed by atoms with Crippen molar-refractivity contribution in [3.63, 3.8) is 0 Å². The van der Waals surface area contributed by atoms with Crippen molar-refractivity contribution in [3.05, 3.63) is 72.9 Å². The monoisotopic (exact) mass is 893 g/mol. The highest BCUT2D eigenvalue weighted by molar-refractivity contribution is 5.71. The Balaban J connectivity index is 4.40. The lowest BCUT2D eigenvalue weighted by Gasteiger charge is -2.18. The van der Waals surface area contributed by atoms with Crippen molar-refractivity contribution in [1.82, 2.24) is 0 Å². The molecule has 0 aliphatic heterocycles. The Kier molecular flexibility index (Phi) is 49.9. The van der Waals surface area contributed by atoms with E-state index in [0.29, 0.717) is 19.3 Å². The highest BCUT2D eigenvalue weighted by Crippen LogP contribution is 2.14. The average Bonchev–Trinajstić information content (AvgIpc) is 3.29. The standard InChI is InChI=1S/C58H100O6/c1-4-7-10-13-16-19-22-25-27-29-31-33-36-39-42-45-48-51-57(60)63-54-55(53-62-56(59)50-47-44-41-38-35-24-21-18-15-12-9-6-3)64-58(61)52-49-46-43-40-37-34-32-30-28-26-23-20-17-14-11-8-5-2/h9,12,16-21,25-28,55H,4-8,10-11,13-15,22-24,29-54H2,1-3H3/b12-9-,19-16-,20-17-,21-18-,27-25-,28-26-. The van der Waals surface area contributed by atoms with Gasteiger partial charge in [0.15, 0.2) is 6.10 Å². The van der Waals surface area contributed by atoms with Gasteiger partial charge in [-0.2, -0.15) is 0 Å². The van der Waals surface area contributed by atoms with Crippen molar-refractivity contribution < 1.29 is 28.6 Å². The van der Waals surface area contributed by atoms with E-state index in [4.69, 9.17) is 14.2 Å². The van der Waals surface area contributed by atoms with Crippen LogP contribution in [0.3, 0.4) is 0 Å². The van der Waals surface area contributed by atoms with E-state index in [2.05, 4.69) is 93.7 Å². The van der Waals surface area contributed by atoms with Crippen LogP contribution < -0.4 is 0 Å². The second kappa shape index (κ2) is 52.5. The number of allylic oxidation sites excluding steroid dienone is 12. The van der Waals surface area contributed by atoms with Crippen LogP contribution >= 0.6 is 0 Å². The molecule has 0 aromatic heterocycles. The van der Waals surface area contributed by atoms with E-state index in [1.54, 1.807) is 0 Å². The maximum atomic E-state index is 12.8. The molecule has 0 fully saturated rings. The molecule has 0 amide bonds. The van der Waals surface area contributed by atoms with E-state index < -0.39 is 6.10 Å². The van der Waals surface area contributed by atoms with Crippen LogP contribution in [0.25, 0.3) is 0 Å².